The Bertz CT molecular complexity index is 721. The SMILES string of the molecule is Cc1ccc2c(c1)N(CCN1CCC(NC(=O)OC(C)(C)C)CC1)C(=O)CO2. The van der Waals surface area contributed by atoms with Gasteiger partial charge >= 0.3 is 6.09 Å². The minimum atomic E-state index is -0.482. The Morgan fingerprint density at radius 1 is 1.25 bits per heavy atom. The van der Waals surface area contributed by atoms with Crippen molar-refractivity contribution >= 4 is 17.7 Å². The number of carbonyl (C=O) groups is 2. The van der Waals surface area contributed by atoms with Crippen LogP contribution in [0.25, 0.3) is 0 Å². The minimum absolute atomic E-state index is 0.000390. The van der Waals surface area contributed by atoms with Crippen LogP contribution in [0.15, 0.2) is 18.2 Å². The predicted molar refractivity (Wildman–Crippen MR) is 108 cm³/mol. The van der Waals surface area contributed by atoms with E-state index in [0.717, 1.165) is 49.5 Å². The molecule has 2 aliphatic heterocycles. The molecule has 0 spiro atoms. The van der Waals surface area contributed by atoms with E-state index in [0.29, 0.717) is 6.54 Å². The number of hydrogen-bond donors (Lipinski definition) is 1. The first-order valence-electron chi connectivity index (χ1n) is 9.97. The number of nitrogens with one attached hydrogen (secondary N) is 1. The van der Waals surface area contributed by atoms with E-state index in [1.807, 2.05) is 50.8 Å². The highest BCUT2D eigenvalue weighted by Gasteiger charge is 2.27. The quantitative estimate of drug-likeness (QED) is 0.857. The van der Waals surface area contributed by atoms with Gasteiger partial charge in [-0.2, -0.15) is 0 Å². The van der Waals surface area contributed by atoms with Crippen LogP contribution in [0.4, 0.5) is 10.5 Å². The van der Waals surface area contributed by atoms with Crippen LogP contribution in [0.1, 0.15) is 39.2 Å². The van der Waals surface area contributed by atoms with E-state index in [1.165, 1.54) is 0 Å². The molecule has 0 bridgehead atoms. The summed E-state index contributed by atoms with van der Waals surface area (Å²) < 4.78 is 10.9. The molecule has 0 unspecified atom stereocenters. The molecule has 1 aromatic carbocycles. The molecule has 0 atom stereocenters. The van der Waals surface area contributed by atoms with Crippen molar-refractivity contribution in [2.75, 3.05) is 37.7 Å². The molecule has 1 saturated heterocycles. The molecule has 2 amide bonds. The second-order valence-corrected chi connectivity index (χ2v) is 8.57. The second-order valence-electron chi connectivity index (χ2n) is 8.57. The molecular formula is C21H31N3O4. The molecule has 0 aliphatic carbocycles. The Labute approximate surface area is 167 Å². The third-order valence-electron chi connectivity index (χ3n) is 5.01. The monoisotopic (exact) mass is 389 g/mol. The average molecular weight is 389 g/mol. The van der Waals surface area contributed by atoms with Crippen molar-refractivity contribution in [3.63, 3.8) is 0 Å². The number of hydrogen-bond acceptors (Lipinski definition) is 5. The summed E-state index contributed by atoms with van der Waals surface area (Å²) in [6, 6.07) is 6.07. The van der Waals surface area contributed by atoms with E-state index in [2.05, 4.69) is 10.2 Å². The molecule has 7 nitrogen and oxygen atoms in total. The molecule has 154 valence electrons. The van der Waals surface area contributed by atoms with E-state index in [1.54, 1.807) is 0 Å². The zero-order chi connectivity index (χ0) is 20.3. The number of amides is 2. The normalized spacial score (nSPS) is 18.4. The predicted octanol–water partition coefficient (Wildman–Crippen LogP) is 2.71. The van der Waals surface area contributed by atoms with Gasteiger partial charge < -0.3 is 24.6 Å². The maximum atomic E-state index is 12.3. The van der Waals surface area contributed by atoms with Crippen molar-refractivity contribution in [2.45, 2.75) is 52.2 Å². The first-order chi connectivity index (χ1) is 13.2. The Morgan fingerprint density at radius 2 is 1.96 bits per heavy atom. The van der Waals surface area contributed by atoms with Crippen molar-refractivity contribution in [3.8, 4) is 5.75 Å². The number of piperidine rings is 1. The van der Waals surface area contributed by atoms with Gasteiger partial charge in [0.1, 0.15) is 11.4 Å². The van der Waals surface area contributed by atoms with Gasteiger partial charge in [-0.05, 0) is 58.2 Å². The topological polar surface area (TPSA) is 71.1 Å². The van der Waals surface area contributed by atoms with Crippen molar-refractivity contribution in [1.29, 1.82) is 0 Å². The van der Waals surface area contributed by atoms with E-state index < -0.39 is 5.60 Å². The van der Waals surface area contributed by atoms with Gasteiger partial charge in [-0.25, -0.2) is 4.79 Å². The minimum Gasteiger partial charge on any atom is -0.482 e. The smallest absolute Gasteiger partial charge is 0.407 e. The van der Waals surface area contributed by atoms with Gasteiger partial charge in [-0.1, -0.05) is 6.07 Å². The molecule has 0 radical (unpaired) electrons. The van der Waals surface area contributed by atoms with Crippen LogP contribution >= 0.6 is 0 Å². The molecule has 1 fully saturated rings. The summed E-state index contributed by atoms with van der Waals surface area (Å²) in [5.74, 6) is 0.769. The largest absolute Gasteiger partial charge is 0.482 e. The summed E-state index contributed by atoms with van der Waals surface area (Å²) in [7, 11) is 0. The van der Waals surface area contributed by atoms with Gasteiger partial charge in [0, 0.05) is 32.2 Å². The lowest BCUT2D eigenvalue weighted by Crippen LogP contribution is -2.48. The second kappa shape index (κ2) is 8.39. The number of alkyl carbamates (subject to hydrolysis) is 1. The fourth-order valence-corrected chi connectivity index (χ4v) is 3.57. The number of benzene rings is 1. The summed E-state index contributed by atoms with van der Waals surface area (Å²) in [6.07, 6.45) is 1.41. The Hall–Kier alpha value is -2.28. The van der Waals surface area contributed by atoms with Gasteiger partial charge in [0.15, 0.2) is 6.61 Å². The van der Waals surface area contributed by atoms with E-state index in [4.69, 9.17) is 9.47 Å². The number of rotatable bonds is 4. The molecule has 0 aromatic heterocycles. The number of carbonyl (C=O) groups excluding carboxylic acids is 2. The van der Waals surface area contributed by atoms with E-state index in [9.17, 15) is 9.59 Å². The lowest BCUT2D eigenvalue weighted by Gasteiger charge is -2.35. The molecule has 28 heavy (non-hydrogen) atoms. The van der Waals surface area contributed by atoms with Crippen LogP contribution in [-0.4, -0.2) is 61.3 Å². The summed E-state index contributed by atoms with van der Waals surface area (Å²) >= 11 is 0. The summed E-state index contributed by atoms with van der Waals surface area (Å²) in [4.78, 5) is 28.4. The van der Waals surface area contributed by atoms with Crippen LogP contribution in [-0.2, 0) is 9.53 Å². The van der Waals surface area contributed by atoms with Crippen LogP contribution in [0.5, 0.6) is 5.75 Å². The Balaban J connectivity index is 1.48. The third kappa shape index (κ3) is 5.38. The summed E-state index contributed by atoms with van der Waals surface area (Å²) in [6.45, 7) is 10.9. The Morgan fingerprint density at radius 3 is 2.64 bits per heavy atom. The highest BCUT2D eigenvalue weighted by molar-refractivity contribution is 5.97. The zero-order valence-electron chi connectivity index (χ0n) is 17.3. The maximum Gasteiger partial charge on any atom is 0.407 e. The first-order valence-corrected chi connectivity index (χ1v) is 9.97. The van der Waals surface area contributed by atoms with Crippen molar-refractivity contribution in [3.05, 3.63) is 23.8 Å². The number of nitrogens with zero attached hydrogens (tertiary/aromatic N) is 2. The molecule has 0 saturated carbocycles. The number of fused-ring (bicyclic) bond motifs is 1. The zero-order valence-corrected chi connectivity index (χ0v) is 17.3. The van der Waals surface area contributed by atoms with Gasteiger partial charge in [-0.15, -0.1) is 0 Å². The van der Waals surface area contributed by atoms with Gasteiger partial charge in [0.25, 0.3) is 5.91 Å². The average Bonchev–Trinajstić information content (AvgIpc) is 2.60. The molecule has 1 N–H and O–H groups in total. The number of ether oxygens (including phenoxy) is 2. The van der Waals surface area contributed by atoms with Crippen LogP contribution in [0, 0.1) is 6.92 Å². The van der Waals surface area contributed by atoms with Gasteiger partial charge in [-0.3, -0.25) is 4.79 Å². The Kier molecular flexibility index (Phi) is 6.13. The van der Waals surface area contributed by atoms with E-state index >= 15 is 0 Å². The molecule has 2 heterocycles. The first kappa shape index (κ1) is 20.5. The standard InChI is InChI=1S/C21H31N3O4/c1-15-5-6-18-17(13-15)24(19(25)14-27-18)12-11-23-9-7-16(8-10-23)22-20(26)28-21(2,3)4/h5-6,13,16H,7-12,14H2,1-4H3,(H,22,26). The lowest BCUT2D eigenvalue weighted by atomic mass is 10.1. The molecule has 3 rings (SSSR count). The number of aryl methyl sites for hydroxylation is 1. The van der Waals surface area contributed by atoms with Crippen molar-refractivity contribution in [1.82, 2.24) is 10.2 Å². The van der Waals surface area contributed by atoms with Gasteiger partial charge in [0.2, 0.25) is 0 Å². The molecule has 7 heteroatoms. The fraction of sp³-hybridized carbons (Fsp3) is 0.619. The molecule has 1 aromatic rings. The molecule has 2 aliphatic rings. The third-order valence-corrected chi connectivity index (χ3v) is 5.01. The fourth-order valence-electron chi connectivity index (χ4n) is 3.57. The maximum absolute atomic E-state index is 12.3. The van der Waals surface area contributed by atoms with Crippen molar-refractivity contribution in [2.24, 2.45) is 0 Å². The van der Waals surface area contributed by atoms with Crippen molar-refractivity contribution < 1.29 is 19.1 Å². The van der Waals surface area contributed by atoms with Gasteiger partial charge in [0.05, 0.1) is 5.69 Å². The number of likely N-dealkylation sites (tertiary alicyclic amines) is 1. The lowest BCUT2D eigenvalue weighted by molar-refractivity contribution is -0.121. The van der Waals surface area contributed by atoms with Crippen LogP contribution in [0.2, 0.25) is 0 Å². The van der Waals surface area contributed by atoms with Crippen LogP contribution < -0.4 is 15.0 Å². The highest BCUT2D eigenvalue weighted by atomic mass is 16.6. The summed E-state index contributed by atoms with van der Waals surface area (Å²) in [5, 5.41) is 2.96. The highest BCUT2D eigenvalue weighted by Crippen LogP contribution is 2.32. The number of anilines is 1. The van der Waals surface area contributed by atoms with E-state index in [-0.39, 0.29) is 24.6 Å². The molecular weight excluding hydrogens is 358 g/mol. The summed E-state index contributed by atoms with van der Waals surface area (Å²) in [5.41, 5.74) is 1.48. The van der Waals surface area contributed by atoms with Crippen LogP contribution in [0.3, 0.4) is 0 Å².